The molecule has 0 heterocycles. The van der Waals surface area contributed by atoms with E-state index in [1.165, 1.54) is 25.1 Å². The van der Waals surface area contributed by atoms with E-state index in [1.807, 2.05) is 0 Å². The van der Waals surface area contributed by atoms with Gasteiger partial charge in [-0.3, -0.25) is 0 Å². The van der Waals surface area contributed by atoms with Gasteiger partial charge in [-0.2, -0.15) is 0 Å². The summed E-state index contributed by atoms with van der Waals surface area (Å²) >= 11 is 5.33. The number of halogens is 2. The van der Waals surface area contributed by atoms with Crippen LogP contribution in [0.15, 0.2) is 24.3 Å². The predicted octanol–water partition coefficient (Wildman–Crippen LogP) is 3.68. The lowest BCUT2D eigenvalue weighted by molar-refractivity contribution is 0.381. The third kappa shape index (κ3) is 4.95. The molecule has 90 valence electrons. The third-order valence-electron chi connectivity index (χ3n) is 2.70. The van der Waals surface area contributed by atoms with Crippen molar-refractivity contribution in [1.82, 2.24) is 4.90 Å². The zero-order valence-corrected chi connectivity index (χ0v) is 10.8. The summed E-state index contributed by atoms with van der Waals surface area (Å²) in [5.74, 6) is 1.66. The molecule has 1 aromatic rings. The number of benzene rings is 1. The second-order valence-electron chi connectivity index (χ2n) is 4.65. The van der Waals surface area contributed by atoms with Gasteiger partial charge in [0, 0.05) is 6.54 Å². The molecule has 0 bridgehead atoms. The Morgan fingerprint density at radius 3 is 2.19 bits per heavy atom. The lowest BCUT2D eigenvalue weighted by Crippen LogP contribution is -2.14. The van der Waals surface area contributed by atoms with Crippen molar-refractivity contribution in [3.63, 3.8) is 0 Å². The maximum absolute atomic E-state index is 12.2. The molecule has 2 atom stereocenters. The Balaban J connectivity index is 0.000000160. The standard InChI is InChI=1S/C7H15N.C6H4ClF/c1-6-4-7(6)5-8(2)3;7-5-3-1-2-4-6(5)8/h6-7H,4-5H2,1-3H3;1-4H. The van der Waals surface area contributed by atoms with Crippen LogP contribution in [0.2, 0.25) is 5.02 Å². The first kappa shape index (κ1) is 13.5. The Kier molecular flexibility index (Phi) is 5.23. The van der Waals surface area contributed by atoms with Crippen LogP contribution >= 0.6 is 11.6 Å². The summed E-state index contributed by atoms with van der Waals surface area (Å²) in [6.45, 7) is 3.62. The fraction of sp³-hybridized carbons (Fsp3) is 0.538. The molecule has 0 aliphatic heterocycles. The molecular formula is C13H19ClFN. The van der Waals surface area contributed by atoms with Gasteiger partial charge >= 0.3 is 0 Å². The van der Waals surface area contributed by atoms with Gasteiger partial charge in [0.25, 0.3) is 0 Å². The molecule has 0 aromatic heterocycles. The summed E-state index contributed by atoms with van der Waals surface area (Å²) in [6.07, 6.45) is 1.46. The lowest BCUT2D eigenvalue weighted by Gasteiger charge is -2.06. The molecule has 1 aliphatic rings. The molecule has 0 spiro atoms. The van der Waals surface area contributed by atoms with Gasteiger partial charge in [0.15, 0.2) is 0 Å². The van der Waals surface area contributed by atoms with Crippen LogP contribution in [0.3, 0.4) is 0 Å². The Labute approximate surface area is 102 Å². The Morgan fingerprint density at radius 1 is 1.38 bits per heavy atom. The molecule has 2 unspecified atom stereocenters. The van der Waals surface area contributed by atoms with Crippen molar-refractivity contribution < 1.29 is 4.39 Å². The van der Waals surface area contributed by atoms with E-state index >= 15 is 0 Å². The second kappa shape index (κ2) is 6.21. The first-order valence-corrected chi connectivity index (χ1v) is 5.93. The Hall–Kier alpha value is -0.600. The minimum Gasteiger partial charge on any atom is -0.309 e. The summed E-state index contributed by atoms with van der Waals surface area (Å²) in [6, 6.07) is 6.12. The van der Waals surface area contributed by atoms with Gasteiger partial charge < -0.3 is 4.90 Å². The van der Waals surface area contributed by atoms with E-state index in [9.17, 15) is 4.39 Å². The molecule has 3 heteroatoms. The van der Waals surface area contributed by atoms with Crippen LogP contribution in [0.4, 0.5) is 4.39 Å². The molecule has 0 amide bonds. The SMILES string of the molecule is CC1CC1CN(C)C.Fc1ccccc1Cl. The van der Waals surface area contributed by atoms with Gasteiger partial charge in [0.1, 0.15) is 5.82 Å². The summed E-state index contributed by atoms with van der Waals surface area (Å²) in [4.78, 5) is 2.27. The highest BCUT2D eigenvalue weighted by Gasteiger charge is 2.32. The van der Waals surface area contributed by atoms with Crippen LogP contribution in [0, 0.1) is 17.7 Å². The van der Waals surface area contributed by atoms with E-state index in [0.717, 1.165) is 11.8 Å². The summed E-state index contributed by atoms with van der Waals surface area (Å²) in [5.41, 5.74) is 0. The van der Waals surface area contributed by atoms with Gasteiger partial charge in [-0.1, -0.05) is 30.7 Å². The highest BCUT2D eigenvalue weighted by Crippen LogP contribution is 2.37. The molecule has 0 saturated heterocycles. The minimum atomic E-state index is -0.367. The topological polar surface area (TPSA) is 3.24 Å². The predicted molar refractivity (Wildman–Crippen MR) is 67.2 cm³/mol. The number of nitrogens with zero attached hydrogens (tertiary/aromatic N) is 1. The largest absolute Gasteiger partial charge is 0.309 e. The highest BCUT2D eigenvalue weighted by atomic mass is 35.5. The molecule has 1 fully saturated rings. The Bertz CT molecular complexity index is 306. The van der Waals surface area contributed by atoms with Crippen molar-refractivity contribution in [2.75, 3.05) is 20.6 Å². The minimum absolute atomic E-state index is 0.174. The number of hydrogen-bond acceptors (Lipinski definition) is 1. The first-order chi connectivity index (χ1) is 7.50. The van der Waals surface area contributed by atoms with Gasteiger partial charge in [0.2, 0.25) is 0 Å². The van der Waals surface area contributed by atoms with Gasteiger partial charge in [0.05, 0.1) is 5.02 Å². The van der Waals surface area contributed by atoms with Crippen LogP contribution < -0.4 is 0 Å². The summed E-state index contributed by atoms with van der Waals surface area (Å²) in [5, 5.41) is 0.174. The van der Waals surface area contributed by atoms with E-state index in [1.54, 1.807) is 12.1 Å². The molecule has 1 nitrogen and oxygen atoms in total. The second-order valence-corrected chi connectivity index (χ2v) is 5.06. The van der Waals surface area contributed by atoms with E-state index in [-0.39, 0.29) is 10.8 Å². The molecule has 2 rings (SSSR count). The molecule has 0 N–H and O–H groups in total. The summed E-state index contributed by atoms with van der Waals surface area (Å²) in [7, 11) is 4.29. The third-order valence-corrected chi connectivity index (χ3v) is 3.01. The fourth-order valence-corrected chi connectivity index (χ4v) is 1.70. The number of rotatable bonds is 2. The van der Waals surface area contributed by atoms with Crippen molar-refractivity contribution in [3.05, 3.63) is 35.1 Å². The zero-order chi connectivity index (χ0) is 12.1. The molecule has 1 saturated carbocycles. The maximum Gasteiger partial charge on any atom is 0.141 e. The van der Waals surface area contributed by atoms with Crippen molar-refractivity contribution >= 4 is 11.6 Å². The van der Waals surface area contributed by atoms with Crippen molar-refractivity contribution in [3.8, 4) is 0 Å². The first-order valence-electron chi connectivity index (χ1n) is 5.55. The van der Waals surface area contributed by atoms with Crippen molar-refractivity contribution in [2.24, 2.45) is 11.8 Å². The van der Waals surface area contributed by atoms with E-state index in [0.29, 0.717) is 0 Å². The molecule has 1 aliphatic carbocycles. The van der Waals surface area contributed by atoms with Crippen LogP contribution in [0.25, 0.3) is 0 Å². The van der Waals surface area contributed by atoms with Gasteiger partial charge in [-0.25, -0.2) is 4.39 Å². The average Bonchev–Trinajstić information content (AvgIpc) is 2.87. The van der Waals surface area contributed by atoms with Crippen LogP contribution in [0.1, 0.15) is 13.3 Å². The fourth-order valence-electron chi connectivity index (χ4n) is 1.56. The molecule has 16 heavy (non-hydrogen) atoms. The zero-order valence-electron chi connectivity index (χ0n) is 10.1. The van der Waals surface area contributed by atoms with Gasteiger partial charge in [-0.05, 0) is 44.5 Å². The molecule has 0 radical (unpaired) electrons. The van der Waals surface area contributed by atoms with E-state index in [2.05, 4.69) is 25.9 Å². The quantitative estimate of drug-likeness (QED) is 0.766. The summed E-state index contributed by atoms with van der Waals surface area (Å²) < 4.78 is 12.2. The highest BCUT2D eigenvalue weighted by molar-refractivity contribution is 6.30. The van der Waals surface area contributed by atoms with Crippen LogP contribution in [0.5, 0.6) is 0 Å². The van der Waals surface area contributed by atoms with Crippen molar-refractivity contribution in [2.45, 2.75) is 13.3 Å². The smallest absolute Gasteiger partial charge is 0.141 e. The average molecular weight is 244 g/mol. The van der Waals surface area contributed by atoms with Crippen LogP contribution in [-0.2, 0) is 0 Å². The molecular weight excluding hydrogens is 225 g/mol. The van der Waals surface area contributed by atoms with Crippen LogP contribution in [-0.4, -0.2) is 25.5 Å². The number of hydrogen-bond donors (Lipinski definition) is 0. The molecule has 1 aromatic carbocycles. The van der Waals surface area contributed by atoms with Gasteiger partial charge in [-0.15, -0.1) is 0 Å². The lowest BCUT2D eigenvalue weighted by atomic mass is 10.3. The monoisotopic (exact) mass is 243 g/mol. The normalized spacial score (nSPS) is 22.6. The van der Waals surface area contributed by atoms with Crippen molar-refractivity contribution in [1.29, 1.82) is 0 Å². The van der Waals surface area contributed by atoms with E-state index in [4.69, 9.17) is 11.6 Å². The Morgan fingerprint density at radius 2 is 1.94 bits per heavy atom. The maximum atomic E-state index is 12.2. The van der Waals surface area contributed by atoms with E-state index < -0.39 is 0 Å².